The van der Waals surface area contributed by atoms with Gasteiger partial charge in [-0.05, 0) is 84.4 Å². The van der Waals surface area contributed by atoms with Crippen LogP contribution in [0.15, 0.2) is 0 Å². The maximum absolute atomic E-state index is 11.4. The average Bonchev–Trinajstić information content (AvgIpc) is 2.85. The molecule has 0 spiro atoms. The smallest absolute Gasteiger partial charge is 0.0745 e. The van der Waals surface area contributed by atoms with E-state index >= 15 is 0 Å². The van der Waals surface area contributed by atoms with Crippen molar-refractivity contribution in [2.24, 2.45) is 65.1 Å². The van der Waals surface area contributed by atoms with Crippen molar-refractivity contribution in [3.05, 3.63) is 0 Å². The van der Waals surface area contributed by atoms with Crippen molar-refractivity contribution in [2.45, 2.75) is 24.9 Å². The van der Waals surface area contributed by atoms with E-state index in [1.807, 2.05) is 0 Å². The second-order valence-electron chi connectivity index (χ2n) is 8.30. The van der Waals surface area contributed by atoms with Crippen molar-refractivity contribution in [1.82, 2.24) is 0 Å². The van der Waals surface area contributed by atoms with E-state index in [0.717, 1.165) is 65.1 Å². The Labute approximate surface area is 95.6 Å². The zero-order chi connectivity index (χ0) is 9.97. The fourth-order valence-electron chi connectivity index (χ4n) is 8.81. The van der Waals surface area contributed by atoms with E-state index in [4.69, 9.17) is 0 Å². The van der Waals surface area contributed by atoms with Crippen LogP contribution in [0.5, 0.6) is 0 Å². The lowest BCUT2D eigenvalue weighted by Gasteiger charge is -2.42. The lowest BCUT2D eigenvalue weighted by Crippen LogP contribution is -2.49. The summed E-state index contributed by atoms with van der Waals surface area (Å²) in [5.41, 5.74) is -0.121. The Morgan fingerprint density at radius 3 is 2.31 bits per heavy atom. The number of aliphatic hydroxyl groups is 1. The minimum absolute atomic E-state index is 0.121. The first-order chi connectivity index (χ1) is 7.82. The van der Waals surface area contributed by atoms with Crippen molar-refractivity contribution >= 4 is 0 Å². The van der Waals surface area contributed by atoms with Crippen LogP contribution >= 0.6 is 0 Å². The van der Waals surface area contributed by atoms with Crippen molar-refractivity contribution in [2.75, 3.05) is 0 Å². The van der Waals surface area contributed by atoms with Gasteiger partial charge in [0.1, 0.15) is 0 Å². The van der Waals surface area contributed by atoms with Crippen LogP contribution in [0.1, 0.15) is 19.3 Å². The molecular weight excluding hydrogens is 196 g/mol. The molecule has 8 rings (SSSR count). The highest BCUT2D eigenvalue weighted by Crippen LogP contribution is 2.90. The van der Waals surface area contributed by atoms with Crippen LogP contribution in [-0.2, 0) is 0 Å². The Morgan fingerprint density at radius 2 is 1.44 bits per heavy atom. The summed E-state index contributed by atoms with van der Waals surface area (Å²) in [4.78, 5) is 0. The third kappa shape index (κ3) is 0.429. The Hall–Kier alpha value is -0.0400. The number of rotatable bonds is 0. The molecule has 1 nitrogen and oxygen atoms in total. The van der Waals surface area contributed by atoms with Crippen molar-refractivity contribution < 1.29 is 5.11 Å². The highest BCUT2D eigenvalue weighted by Gasteiger charge is 2.90. The molecule has 0 saturated heterocycles. The van der Waals surface area contributed by atoms with Crippen LogP contribution in [-0.4, -0.2) is 10.7 Å². The van der Waals surface area contributed by atoms with Gasteiger partial charge >= 0.3 is 0 Å². The van der Waals surface area contributed by atoms with E-state index in [2.05, 4.69) is 0 Å². The molecule has 8 bridgehead atoms. The maximum Gasteiger partial charge on any atom is 0.0745 e. The average molecular weight is 214 g/mol. The molecule has 16 heavy (non-hydrogen) atoms. The van der Waals surface area contributed by atoms with Gasteiger partial charge in [0.05, 0.1) is 5.60 Å². The van der Waals surface area contributed by atoms with E-state index in [0.29, 0.717) is 0 Å². The third-order valence-electron chi connectivity index (χ3n) is 8.67. The molecule has 1 heteroatoms. The Balaban J connectivity index is 1.53. The topological polar surface area (TPSA) is 20.2 Å². The first kappa shape index (κ1) is 7.41. The predicted octanol–water partition coefficient (Wildman–Crippen LogP) is 1.76. The van der Waals surface area contributed by atoms with E-state index in [9.17, 15) is 5.11 Å². The summed E-state index contributed by atoms with van der Waals surface area (Å²) in [6.07, 6.45) is 4.45. The summed E-state index contributed by atoms with van der Waals surface area (Å²) in [5.74, 6) is 10.7. The summed E-state index contributed by atoms with van der Waals surface area (Å²) >= 11 is 0. The largest absolute Gasteiger partial charge is 0.389 e. The first-order valence-electron chi connectivity index (χ1n) is 7.54. The lowest BCUT2D eigenvalue weighted by molar-refractivity contribution is -0.104. The third-order valence-corrected chi connectivity index (χ3v) is 8.67. The minimum atomic E-state index is -0.121. The maximum atomic E-state index is 11.4. The van der Waals surface area contributed by atoms with Gasteiger partial charge in [0.2, 0.25) is 0 Å². The molecule has 8 aliphatic carbocycles. The molecule has 3 unspecified atom stereocenters. The number of fused-ring (bicyclic) bond motifs is 8. The summed E-state index contributed by atoms with van der Waals surface area (Å²) in [5, 5.41) is 11.4. The molecule has 12 atom stereocenters. The van der Waals surface area contributed by atoms with Gasteiger partial charge in [-0.3, -0.25) is 0 Å². The summed E-state index contributed by atoms with van der Waals surface area (Å²) < 4.78 is 0. The van der Waals surface area contributed by atoms with Gasteiger partial charge in [0.15, 0.2) is 0 Å². The molecular formula is C15H18O. The minimum Gasteiger partial charge on any atom is -0.389 e. The van der Waals surface area contributed by atoms with E-state index < -0.39 is 0 Å². The Morgan fingerprint density at radius 1 is 0.688 bits per heavy atom. The highest BCUT2D eigenvalue weighted by atomic mass is 16.3. The zero-order valence-corrected chi connectivity index (χ0v) is 9.42. The van der Waals surface area contributed by atoms with Gasteiger partial charge in [-0.15, -0.1) is 0 Å². The Bertz CT molecular complexity index is 458. The Kier molecular flexibility index (Phi) is 0.767. The van der Waals surface area contributed by atoms with Gasteiger partial charge in [0.25, 0.3) is 0 Å². The molecule has 8 aliphatic rings. The van der Waals surface area contributed by atoms with Gasteiger partial charge in [-0.1, -0.05) is 0 Å². The number of hydrogen-bond donors (Lipinski definition) is 1. The van der Waals surface area contributed by atoms with Crippen molar-refractivity contribution in [3.63, 3.8) is 0 Å². The van der Waals surface area contributed by atoms with E-state index in [-0.39, 0.29) is 5.60 Å². The van der Waals surface area contributed by atoms with Crippen molar-refractivity contribution in [1.29, 1.82) is 0 Å². The second kappa shape index (κ2) is 1.66. The summed E-state index contributed by atoms with van der Waals surface area (Å²) in [7, 11) is 0. The van der Waals surface area contributed by atoms with Gasteiger partial charge in [-0.25, -0.2) is 0 Å². The molecule has 0 aromatic heterocycles. The van der Waals surface area contributed by atoms with Crippen molar-refractivity contribution in [3.8, 4) is 0 Å². The van der Waals surface area contributed by atoms with Crippen LogP contribution in [0.3, 0.4) is 0 Å². The van der Waals surface area contributed by atoms with Crippen LogP contribution in [0, 0.1) is 65.1 Å². The number of hydrogen-bond acceptors (Lipinski definition) is 1. The van der Waals surface area contributed by atoms with E-state index in [1.54, 1.807) is 0 Å². The highest BCUT2D eigenvalue weighted by molar-refractivity contribution is 5.37. The molecule has 0 heterocycles. The second-order valence-corrected chi connectivity index (χ2v) is 8.30. The molecule has 8 saturated carbocycles. The van der Waals surface area contributed by atoms with E-state index in [1.165, 1.54) is 19.3 Å². The molecule has 0 radical (unpaired) electrons. The molecule has 0 aliphatic heterocycles. The standard InChI is InChI=1S/C15H18O/c16-15-9-3-6(4-1-5(4)9)13(15)12-8-2-7-10(12)11(7)14(8)15/h4-14,16H,1-3H2/t4-,5+,6-,7?,8+,9+,10+,11+,12+,13?,14-,15?/m0/s1. The van der Waals surface area contributed by atoms with Gasteiger partial charge < -0.3 is 5.11 Å². The fourth-order valence-corrected chi connectivity index (χ4v) is 8.81. The molecule has 8 fully saturated rings. The van der Waals surface area contributed by atoms with Crippen LogP contribution in [0.25, 0.3) is 0 Å². The van der Waals surface area contributed by atoms with Gasteiger partial charge in [-0.2, -0.15) is 0 Å². The van der Waals surface area contributed by atoms with Crippen LogP contribution < -0.4 is 0 Å². The van der Waals surface area contributed by atoms with Gasteiger partial charge in [0, 0.05) is 0 Å². The fraction of sp³-hybridized carbons (Fsp3) is 1.00. The normalized spacial score (nSPS) is 90.9. The molecule has 0 amide bonds. The zero-order valence-electron chi connectivity index (χ0n) is 9.42. The first-order valence-corrected chi connectivity index (χ1v) is 7.54. The monoisotopic (exact) mass is 214 g/mol. The SMILES string of the molecule is OC12C([C@@H]3[C@H]4CC5[C@@H]3[C@@H]5[C@H]41)[C@H]1C[C@@H]2[C@@H]2C[C@@H]21. The lowest BCUT2D eigenvalue weighted by atomic mass is 9.67. The van der Waals surface area contributed by atoms with Crippen LogP contribution in [0.4, 0.5) is 0 Å². The molecule has 0 aromatic carbocycles. The molecule has 1 N–H and O–H groups in total. The summed E-state index contributed by atoms with van der Waals surface area (Å²) in [6, 6.07) is 0. The quantitative estimate of drug-likeness (QED) is 0.651. The van der Waals surface area contributed by atoms with Crippen LogP contribution in [0.2, 0.25) is 0 Å². The molecule has 0 aromatic rings. The predicted molar refractivity (Wildman–Crippen MR) is 57.2 cm³/mol. The molecule has 84 valence electrons. The summed E-state index contributed by atoms with van der Waals surface area (Å²) in [6.45, 7) is 0.